The van der Waals surface area contributed by atoms with Crippen LogP contribution in [0.2, 0.25) is 0 Å². The van der Waals surface area contributed by atoms with Crippen LogP contribution in [0.1, 0.15) is 48.7 Å². The molecule has 2 rings (SSSR count). The molecule has 1 heterocycles. The van der Waals surface area contributed by atoms with Crippen molar-refractivity contribution in [2.75, 3.05) is 0 Å². The van der Waals surface area contributed by atoms with E-state index in [0.717, 1.165) is 18.4 Å². The van der Waals surface area contributed by atoms with Crippen LogP contribution in [0.15, 0.2) is 12.3 Å². The van der Waals surface area contributed by atoms with Crippen molar-refractivity contribution < 1.29 is 9.53 Å². The van der Waals surface area contributed by atoms with Crippen LogP contribution in [0.5, 0.6) is 5.75 Å². The third kappa shape index (κ3) is 2.32. The number of primary amides is 1. The number of nitrogens with zero attached hydrogens (tertiary/aromatic N) is 1. The van der Waals surface area contributed by atoms with Gasteiger partial charge in [-0.15, -0.1) is 0 Å². The average Bonchev–Trinajstić information content (AvgIpc) is 3.01. The highest BCUT2D eigenvalue weighted by Crippen LogP contribution is 2.30. The van der Waals surface area contributed by atoms with Crippen molar-refractivity contribution in [3.63, 3.8) is 0 Å². The van der Waals surface area contributed by atoms with E-state index in [0.29, 0.717) is 11.7 Å². The van der Waals surface area contributed by atoms with Crippen molar-refractivity contribution in [3.05, 3.63) is 23.5 Å². The van der Waals surface area contributed by atoms with E-state index in [4.69, 9.17) is 10.5 Å². The fourth-order valence-corrected chi connectivity index (χ4v) is 1.42. The van der Waals surface area contributed by atoms with E-state index >= 15 is 0 Å². The Hall–Kier alpha value is -1.58. The number of hydrogen-bond acceptors (Lipinski definition) is 3. The van der Waals surface area contributed by atoms with Gasteiger partial charge in [0.05, 0.1) is 6.10 Å². The molecule has 4 nitrogen and oxygen atoms in total. The number of aromatic nitrogens is 1. The van der Waals surface area contributed by atoms with E-state index in [1.165, 1.54) is 0 Å². The van der Waals surface area contributed by atoms with E-state index in [1.807, 2.05) is 6.07 Å². The molecule has 0 atom stereocenters. The van der Waals surface area contributed by atoms with Crippen LogP contribution in [0.3, 0.4) is 0 Å². The largest absolute Gasteiger partial charge is 0.488 e. The maximum absolute atomic E-state index is 11.2. The van der Waals surface area contributed by atoms with Crippen LogP contribution in [0.25, 0.3) is 0 Å². The van der Waals surface area contributed by atoms with Crippen LogP contribution in [0.4, 0.5) is 0 Å². The number of hydrogen-bond donors (Lipinski definition) is 1. The summed E-state index contributed by atoms with van der Waals surface area (Å²) in [5, 5.41) is 0. The maximum Gasteiger partial charge on any atom is 0.271 e. The van der Waals surface area contributed by atoms with Crippen LogP contribution in [0, 0.1) is 0 Å². The molecule has 86 valence electrons. The number of amides is 1. The first-order valence-electron chi connectivity index (χ1n) is 5.54. The second kappa shape index (κ2) is 4.12. The normalized spacial score (nSPS) is 15.2. The Morgan fingerprint density at radius 1 is 1.56 bits per heavy atom. The topological polar surface area (TPSA) is 65.2 Å². The summed E-state index contributed by atoms with van der Waals surface area (Å²) in [6.07, 6.45) is 4.01. The lowest BCUT2D eigenvalue weighted by atomic mass is 10.1. The molecule has 0 unspecified atom stereocenters. The van der Waals surface area contributed by atoms with Crippen molar-refractivity contribution >= 4 is 5.91 Å². The van der Waals surface area contributed by atoms with Gasteiger partial charge in [0.2, 0.25) is 0 Å². The van der Waals surface area contributed by atoms with E-state index in [1.54, 1.807) is 6.20 Å². The second-order valence-electron chi connectivity index (χ2n) is 4.45. The summed E-state index contributed by atoms with van der Waals surface area (Å²) in [5.41, 5.74) is 6.54. The van der Waals surface area contributed by atoms with Gasteiger partial charge in [-0.3, -0.25) is 4.79 Å². The first kappa shape index (κ1) is 10.9. The molecule has 1 fully saturated rings. The molecule has 0 saturated heterocycles. The number of pyridine rings is 1. The van der Waals surface area contributed by atoms with Gasteiger partial charge in [-0.2, -0.15) is 0 Å². The molecule has 1 saturated carbocycles. The Bertz CT molecular complexity index is 411. The minimum absolute atomic E-state index is 0.233. The highest BCUT2D eigenvalue weighted by atomic mass is 16.5. The molecule has 0 bridgehead atoms. The lowest BCUT2D eigenvalue weighted by Gasteiger charge is -2.11. The molecule has 16 heavy (non-hydrogen) atoms. The smallest absolute Gasteiger partial charge is 0.271 e. The van der Waals surface area contributed by atoms with Gasteiger partial charge in [-0.25, -0.2) is 4.98 Å². The van der Waals surface area contributed by atoms with Gasteiger partial charge in [0.15, 0.2) is 11.4 Å². The molecule has 0 aromatic carbocycles. The molecule has 1 aromatic heterocycles. The van der Waals surface area contributed by atoms with Crippen LogP contribution in [-0.2, 0) is 0 Å². The first-order chi connectivity index (χ1) is 7.58. The Morgan fingerprint density at radius 2 is 2.25 bits per heavy atom. The number of ether oxygens (including phenoxy) is 1. The predicted molar refractivity (Wildman–Crippen MR) is 60.5 cm³/mol. The second-order valence-corrected chi connectivity index (χ2v) is 4.45. The quantitative estimate of drug-likeness (QED) is 0.842. The predicted octanol–water partition coefficient (Wildman–Crippen LogP) is 1.85. The maximum atomic E-state index is 11.2. The lowest BCUT2D eigenvalue weighted by molar-refractivity contribution is 0.0991. The van der Waals surface area contributed by atoms with Crippen molar-refractivity contribution in [3.8, 4) is 5.75 Å². The van der Waals surface area contributed by atoms with Gasteiger partial charge in [0.1, 0.15) is 0 Å². The van der Waals surface area contributed by atoms with E-state index in [2.05, 4.69) is 18.8 Å². The third-order valence-corrected chi connectivity index (χ3v) is 2.59. The first-order valence-corrected chi connectivity index (χ1v) is 5.54. The summed E-state index contributed by atoms with van der Waals surface area (Å²) in [5.74, 6) is 0.350. The molecular formula is C12H16N2O2. The Balaban J connectivity index is 2.33. The zero-order valence-electron chi connectivity index (χ0n) is 9.56. The Labute approximate surface area is 94.8 Å². The fourth-order valence-electron chi connectivity index (χ4n) is 1.42. The molecule has 1 amide bonds. The highest BCUT2D eigenvalue weighted by molar-refractivity contribution is 5.93. The molecule has 4 heteroatoms. The zero-order valence-corrected chi connectivity index (χ0v) is 9.56. The lowest BCUT2D eigenvalue weighted by Crippen LogP contribution is -2.16. The summed E-state index contributed by atoms with van der Waals surface area (Å²) in [7, 11) is 0. The number of nitrogens with two attached hydrogens (primary N) is 1. The van der Waals surface area contributed by atoms with Crippen molar-refractivity contribution in [1.82, 2.24) is 4.98 Å². The number of carbonyl (C=O) groups excluding carboxylic acids is 1. The van der Waals surface area contributed by atoms with Crippen LogP contribution < -0.4 is 10.5 Å². The third-order valence-electron chi connectivity index (χ3n) is 2.59. The van der Waals surface area contributed by atoms with E-state index in [9.17, 15) is 4.79 Å². The monoisotopic (exact) mass is 220 g/mol. The molecule has 1 aliphatic rings. The summed E-state index contributed by atoms with van der Waals surface area (Å²) in [6, 6.07) is 1.87. The zero-order chi connectivity index (χ0) is 11.7. The molecule has 1 aliphatic carbocycles. The number of rotatable bonds is 4. The van der Waals surface area contributed by atoms with Gasteiger partial charge >= 0.3 is 0 Å². The van der Waals surface area contributed by atoms with Crippen molar-refractivity contribution in [1.29, 1.82) is 0 Å². The average molecular weight is 220 g/mol. The SMILES string of the molecule is CC(C)c1cnc(C(N)=O)c(OC2CC2)c1. The van der Waals surface area contributed by atoms with Gasteiger partial charge < -0.3 is 10.5 Å². The molecule has 1 aromatic rings. The minimum Gasteiger partial charge on any atom is -0.488 e. The summed E-state index contributed by atoms with van der Waals surface area (Å²) < 4.78 is 5.65. The number of carbonyl (C=O) groups is 1. The van der Waals surface area contributed by atoms with E-state index < -0.39 is 5.91 Å². The molecule has 0 spiro atoms. The molecule has 2 N–H and O–H groups in total. The van der Waals surface area contributed by atoms with Gasteiger partial charge in [0, 0.05) is 6.20 Å². The molecular weight excluding hydrogens is 204 g/mol. The Kier molecular flexibility index (Phi) is 2.81. The molecule has 0 radical (unpaired) electrons. The van der Waals surface area contributed by atoms with Gasteiger partial charge in [-0.1, -0.05) is 13.8 Å². The summed E-state index contributed by atoms with van der Waals surface area (Å²) in [4.78, 5) is 15.3. The minimum atomic E-state index is -0.536. The standard InChI is InChI=1S/C12H16N2O2/c1-7(2)8-5-10(16-9-3-4-9)11(12(13)15)14-6-8/h5-7,9H,3-4H2,1-2H3,(H2,13,15). The van der Waals surface area contributed by atoms with E-state index in [-0.39, 0.29) is 11.8 Å². The summed E-state index contributed by atoms with van der Waals surface area (Å²) >= 11 is 0. The van der Waals surface area contributed by atoms with Gasteiger partial charge in [0.25, 0.3) is 5.91 Å². The molecule has 0 aliphatic heterocycles. The van der Waals surface area contributed by atoms with Gasteiger partial charge in [-0.05, 0) is 30.4 Å². The highest BCUT2D eigenvalue weighted by Gasteiger charge is 2.26. The Morgan fingerprint density at radius 3 is 2.75 bits per heavy atom. The van der Waals surface area contributed by atoms with Crippen molar-refractivity contribution in [2.24, 2.45) is 5.73 Å². The van der Waals surface area contributed by atoms with Crippen molar-refractivity contribution in [2.45, 2.75) is 38.7 Å². The summed E-state index contributed by atoms with van der Waals surface area (Å²) in [6.45, 7) is 4.14. The van der Waals surface area contributed by atoms with Crippen LogP contribution in [-0.4, -0.2) is 17.0 Å². The van der Waals surface area contributed by atoms with Crippen LogP contribution >= 0.6 is 0 Å². The fraction of sp³-hybridized carbons (Fsp3) is 0.500.